The van der Waals surface area contributed by atoms with Gasteiger partial charge in [0.15, 0.2) is 6.61 Å². The van der Waals surface area contributed by atoms with E-state index in [1.54, 1.807) is 18.5 Å². The summed E-state index contributed by atoms with van der Waals surface area (Å²) >= 11 is 6.15. The Morgan fingerprint density at radius 2 is 1.74 bits per heavy atom. The van der Waals surface area contributed by atoms with E-state index in [0.717, 1.165) is 11.1 Å². The highest BCUT2D eigenvalue weighted by atomic mass is 35.5. The number of ether oxygens (including phenoxy) is 1. The van der Waals surface area contributed by atoms with Crippen molar-refractivity contribution in [2.24, 2.45) is 0 Å². The number of carbonyl (C=O) groups excluding carboxylic acids is 1. The van der Waals surface area contributed by atoms with E-state index in [-0.39, 0.29) is 47.1 Å². The Hall–Kier alpha value is -2.65. The van der Waals surface area contributed by atoms with Gasteiger partial charge in [-0.25, -0.2) is 13.1 Å². The average Bonchev–Trinajstić information content (AvgIpc) is 2.77. The quantitative estimate of drug-likeness (QED) is 0.488. The first-order valence-electron chi connectivity index (χ1n) is 9.05. The average molecular weight is 482 g/mol. The maximum Gasteiger partial charge on any atom is 0.258 e. The minimum atomic E-state index is -3.74. The molecule has 164 valence electrons. The van der Waals surface area contributed by atoms with Crippen molar-refractivity contribution >= 4 is 39.9 Å². The molecule has 1 amide bonds. The third-order valence-electron chi connectivity index (χ3n) is 4.09. The van der Waals surface area contributed by atoms with Crippen LogP contribution < -0.4 is 14.8 Å². The standard InChI is InChI=1S/C21H20ClN3O4S.ClH/c22-19-11-18(30(27,28)25-14-16-5-2-1-3-6-16)8-9-20(19)29-15-21(26)24-13-17-7-4-10-23-12-17;/h1-12,25H,13-15H2,(H,24,26);1H. The molecule has 1 heterocycles. The van der Waals surface area contributed by atoms with Crippen LogP contribution in [0.5, 0.6) is 5.75 Å². The molecule has 1 aromatic heterocycles. The molecule has 0 saturated heterocycles. The fraction of sp³-hybridized carbons (Fsp3) is 0.143. The lowest BCUT2D eigenvalue weighted by Gasteiger charge is -2.11. The molecular formula is C21H21Cl2N3O4S. The Bertz CT molecular complexity index is 1100. The largest absolute Gasteiger partial charge is 0.482 e. The van der Waals surface area contributed by atoms with Crippen LogP contribution in [-0.2, 0) is 27.9 Å². The van der Waals surface area contributed by atoms with Crippen LogP contribution >= 0.6 is 24.0 Å². The molecule has 0 atom stereocenters. The van der Waals surface area contributed by atoms with Gasteiger partial charge in [0.05, 0.1) is 9.92 Å². The van der Waals surface area contributed by atoms with Gasteiger partial charge in [-0.15, -0.1) is 12.4 Å². The van der Waals surface area contributed by atoms with Crippen LogP contribution in [0.1, 0.15) is 11.1 Å². The first-order valence-corrected chi connectivity index (χ1v) is 10.9. The van der Waals surface area contributed by atoms with Crippen LogP contribution in [0.25, 0.3) is 0 Å². The number of hydrogen-bond donors (Lipinski definition) is 2. The number of halogens is 2. The van der Waals surface area contributed by atoms with Gasteiger partial charge in [0.1, 0.15) is 5.75 Å². The van der Waals surface area contributed by atoms with Crippen LogP contribution in [0.3, 0.4) is 0 Å². The Morgan fingerprint density at radius 1 is 1.00 bits per heavy atom. The Kier molecular flexibility index (Phi) is 9.26. The lowest BCUT2D eigenvalue weighted by atomic mass is 10.2. The summed E-state index contributed by atoms with van der Waals surface area (Å²) in [6.07, 6.45) is 3.31. The lowest BCUT2D eigenvalue weighted by molar-refractivity contribution is -0.123. The minimum absolute atomic E-state index is 0. The second-order valence-corrected chi connectivity index (χ2v) is 8.50. The number of rotatable bonds is 9. The zero-order valence-corrected chi connectivity index (χ0v) is 18.7. The molecule has 0 aliphatic rings. The molecule has 0 spiro atoms. The Balaban J connectivity index is 0.00000341. The van der Waals surface area contributed by atoms with Gasteiger partial charge in [-0.2, -0.15) is 0 Å². The fourth-order valence-corrected chi connectivity index (χ4v) is 3.86. The van der Waals surface area contributed by atoms with Gasteiger partial charge in [-0.05, 0) is 35.4 Å². The Morgan fingerprint density at radius 3 is 2.42 bits per heavy atom. The number of hydrogen-bond acceptors (Lipinski definition) is 5. The van der Waals surface area contributed by atoms with Crippen LogP contribution in [0, 0.1) is 0 Å². The highest BCUT2D eigenvalue weighted by molar-refractivity contribution is 7.89. The molecule has 0 aliphatic heterocycles. The number of benzene rings is 2. The molecule has 0 bridgehead atoms. The molecule has 0 radical (unpaired) electrons. The summed E-state index contributed by atoms with van der Waals surface area (Å²) < 4.78 is 32.9. The van der Waals surface area contributed by atoms with E-state index in [2.05, 4.69) is 15.0 Å². The van der Waals surface area contributed by atoms with Crippen molar-refractivity contribution in [3.63, 3.8) is 0 Å². The normalized spacial score (nSPS) is 10.7. The highest BCUT2D eigenvalue weighted by Crippen LogP contribution is 2.27. The molecular weight excluding hydrogens is 461 g/mol. The van der Waals surface area contributed by atoms with Gasteiger partial charge in [0.2, 0.25) is 10.0 Å². The van der Waals surface area contributed by atoms with E-state index in [1.807, 2.05) is 36.4 Å². The summed E-state index contributed by atoms with van der Waals surface area (Å²) in [6.45, 7) is 0.239. The molecule has 0 fully saturated rings. The van der Waals surface area contributed by atoms with Gasteiger partial charge in [-0.1, -0.05) is 48.0 Å². The predicted molar refractivity (Wildman–Crippen MR) is 121 cm³/mol. The highest BCUT2D eigenvalue weighted by Gasteiger charge is 2.16. The molecule has 31 heavy (non-hydrogen) atoms. The fourth-order valence-electron chi connectivity index (χ4n) is 2.52. The van der Waals surface area contributed by atoms with E-state index >= 15 is 0 Å². The molecule has 2 aromatic carbocycles. The van der Waals surface area contributed by atoms with Crippen molar-refractivity contribution in [1.29, 1.82) is 0 Å². The van der Waals surface area contributed by atoms with Gasteiger partial charge in [0, 0.05) is 25.5 Å². The van der Waals surface area contributed by atoms with Gasteiger partial charge >= 0.3 is 0 Å². The van der Waals surface area contributed by atoms with Crippen molar-refractivity contribution in [2.45, 2.75) is 18.0 Å². The van der Waals surface area contributed by atoms with E-state index in [4.69, 9.17) is 16.3 Å². The van der Waals surface area contributed by atoms with Crippen LogP contribution in [0.4, 0.5) is 0 Å². The molecule has 3 aromatic rings. The summed E-state index contributed by atoms with van der Waals surface area (Å²) in [6, 6.07) is 16.9. The number of amides is 1. The molecule has 0 unspecified atom stereocenters. The number of nitrogens with zero attached hydrogens (tertiary/aromatic N) is 1. The molecule has 0 aliphatic carbocycles. The van der Waals surface area contributed by atoms with Crippen molar-refractivity contribution in [1.82, 2.24) is 15.0 Å². The third-order valence-corrected chi connectivity index (χ3v) is 5.79. The molecule has 3 rings (SSSR count). The molecule has 0 saturated carbocycles. The SMILES string of the molecule is Cl.O=C(COc1ccc(S(=O)(=O)NCc2ccccc2)cc1Cl)NCc1cccnc1. The zero-order chi connectivity index (χ0) is 21.4. The topological polar surface area (TPSA) is 97.4 Å². The minimum Gasteiger partial charge on any atom is -0.482 e. The van der Waals surface area contributed by atoms with E-state index in [0.29, 0.717) is 6.54 Å². The summed E-state index contributed by atoms with van der Waals surface area (Å²) in [5.41, 5.74) is 1.70. The third kappa shape index (κ3) is 7.52. The van der Waals surface area contributed by atoms with Crippen molar-refractivity contribution in [2.75, 3.05) is 6.61 Å². The van der Waals surface area contributed by atoms with E-state index in [9.17, 15) is 13.2 Å². The summed E-state index contributed by atoms with van der Waals surface area (Å²) in [4.78, 5) is 15.9. The van der Waals surface area contributed by atoms with Crippen LogP contribution in [-0.4, -0.2) is 25.9 Å². The van der Waals surface area contributed by atoms with Gasteiger partial charge in [0.25, 0.3) is 5.91 Å². The van der Waals surface area contributed by atoms with Crippen molar-refractivity contribution in [3.05, 3.63) is 89.2 Å². The maximum absolute atomic E-state index is 12.5. The molecule has 2 N–H and O–H groups in total. The monoisotopic (exact) mass is 481 g/mol. The number of sulfonamides is 1. The number of nitrogens with one attached hydrogen (secondary N) is 2. The second kappa shape index (κ2) is 11.7. The van der Waals surface area contributed by atoms with Crippen LogP contribution in [0.2, 0.25) is 5.02 Å². The number of aromatic nitrogens is 1. The zero-order valence-electron chi connectivity index (χ0n) is 16.3. The van der Waals surface area contributed by atoms with Gasteiger partial charge in [-0.3, -0.25) is 9.78 Å². The number of pyridine rings is 1. The number of carbonyl (C=O) groups is 1. The summed E-state index contributed by atoms with van der Waals surface area (Å²) in [5.74, 6) is -0.119. The second-order valence-electron chi connectivity index (χ2n) is 6.33. The smallest absolute Gasteiger partial charge is 0.258 e. The van der Waals surface area contributed by atoms with Gasteiger partial charge < -0.3 is 10.1 Å². The lowest BCUT2D eigenvalue weighted by Crippen LogP contribution is -2.28. The molecule has 7 nitrogen and oxygen atoms in total. The van der Waals surface area contributed by atoms with Crippen LogP contribution in [0.15, 0.2) is 78.0 Å². The summed E-state index contributed by atoms with van der Waals surface area (Å²) in [5, 5.41) is 2.80. The van der Waals surface area contributed by atoms with Crippen molar-refractivity contribution < 1.29 is 17.9 Å². The van der Waals surface area contributed by atoms with E-state index < -0.39 is 10.0 Å². The predicted octanol–water partition coefficient (Wildman–Crippen LogP) is 3.33. The Labute approximate surface area is 192 Å². The maximum atomic E-state index is 12.5. The first-order chi connectivity index (χ1) is 14.4. The molecule has 10 heteroatoms. The van der Waals surface area contributed by atoms with E-state index in [1.165, 1.54) is 18.2 Å². The first kappa shape index (κ1) is 24.6. The van der Waals surface area contributed by atoms with Crippen molar-refractivity contribution in [3.8, 4) is 5.75 Å². The summed E-state index contributed by atoms with van der Waals surface area (Å²) in [7, 11) is -3.74.